The summed E-state index contributed by atoms with van der Waals surface area (Å²) in [7, 11) is 0. The van der Waals surface area contributed by atoms with Crippen molar-refractivity contribution in [1.82, 2.24) is 4.90 Å². The van der Waals surface area contributed by atoms with Gasteiger partial charge in [-0.05, 0) is 49.6 Å². The lowest BCUT2D eigenvalue weighted by molar-refractivity contribution is -0.123. The summed E-state index contributed by atoms with van der Waals surface area (Å²) in [6.45, 7) is 7.83. The number of hydrogen-bond donors (Lipinski definition) is 0. The zero-order chi connectivity index (χ0) is 18.8. The minimum Gasteiger partial charge on any atom is -0.369 e. The van der Waals surface area contributed by atoms with E-state index >= 15 is 0 Å². The molecule has 2 aromatic carbocycles. The Morgan fingerprint density at radius 1 is 1.00 bits per heavy atom. The van der Waals surface area contributed by atoms with E-state index in [-0.39, 0.29) is 11.9 Å². The molecule has 0 spiro atoms. The van der Waals surface area contributed by atoms with Crippen LogP contribution < -0.4 is 9.80 Å². The second-order valence-corrected chi connectivity index (χ2v) is 7.40. The van der Waals surface area contributed by atoms with Gasteiger partial charge in [-0.3, -0.25) is 14.6 Å². The standard InChI is InChI=1S/C23H27N3O/c1-3-11-26-21-10-5-4-8-19(21)17-22(23(26)27)25-14-12-24(13-15-25)20-9-6-7-18(2)16-20/h3-11,16,22H,12-15,17H2,1-2H3. The molecule has 4 nitrogen and oxygen atoms in total. The highest BCUT2D eigenvalue weighted by Gasteiger charge is 2.36. The fraction of sp³-hybridized carbons (Fsp3) is 0.348. The van der Waals surface area contributed by atoms with E-state index in [1.54, 1.807) is 0 Å². The van der Waals surface area contributed by atoms with Crippen molar-refractivity contribution >= 4 is 17.3 Å². The molecule has 1 unspecified atom stereocenters. The van der Waals surface area contributed by atoms with Crippen LogP contribution >= 0.6 is 0 Å². The number of amides is 1. The second kappa shape index (κ2) is 7.57. The summed E-state index contributed by atoms with van der Waals surface area (Å²) < 4.78 is 0. The van der Waals surface area contributed by atoms with E-state index in [1.165, 1.54) is 16.8 Å². The number of carbonyl (C=O) groups is 1. The maximum Gasteiger partial charge on any atom is 0.248 e. The summed E-state index contributed by atoms with van der Waals surface area (Å²) in [4.78, 5) is 19.8. The van der Waals surface area contributed by atoms with Crippen LogP contribution in [0.4, 0.5) is 11.4 Å². The lowest BCUT2D eigenvalue weighted by atomic mass is 9.95. The van der Waals surface area contributed by atoms with Gasteiger partial charge in [-0.25, -0.2) is 0 Å². The summed E-state index contributed by atoms with van der Waals surface area (Å²) in [5, 5.41) is 0. The predicted octanol–water partition coefficient (Wildman–Crippen LogP) is 3.61. The quantitative estimate of drug-likeness (QED) is 0.836. The molecule has 27 heavy (non-hydrogen) atoms. The molecule has 1 amide bonds. The normalized spacial score (nSPS) is 21.0. The molecule has 0 radical (unpaired) electrons. The molecule has 4 rings (SSSR count). The molecule has 4 heteroatoms. The number of fused-ring (bicyclic) bond motifs is 1. The number of nitrogens with zero attached hydrogens (tertiary/aromatic N) is 3. The van der Waals surface area contributed by atoms with Crippen molar-refractivity contribution in [2.45, 2.75) is 26.3 Å². The van der Waals surface area contributed by atoms with E-state index in [4.69, 9.17) is 0 Å². The van der Waals surface area contributed by atoms with Crippen molar-refractivity contribution < 1.29 is 4.79 Å². The first-order valence-corrected chi connectivity index (χ1v) is 9.77. The fourth-order valence-corrected chi connectivity index (χ4v) is 4.20. The Balaban J connectivity index is 1.50. The van der Waals surface area contributed by atoms with Crippen LogP contribution in [0.25, 0.3) is 0 Å². The Kier molecular flexibility index (Phi) is 4.99. The van der Waals surface area contributed by atoms with Crippen LogP contribution in [0.15, 0.2) is 60.8 Å². The first-order chi connectivity index (χ1) is 13.2. The van der Waals surface area contributed by atoms with Crippen LogP contribution in [-0.2, 0) is 11.2 Å². The summed E-state index contributed by atoms with van der Waals surface area (Å²) in [6.07, 6.45) is 4.64. The van der Waals surface area contributed by atoms with Gasteiger partial charge in [0.25, 0.3) is 0 Å². The number of carbonyl (C=O) groups excluding carboxylic acids is 1. The second-order valence-electron chi connectivity index (χ2n) is 7.40. The van der Waals surface area contributed by atoms with Gasteiger partial charge in [0.1, 0.15) is 0 Å². The summed E-state index contributed by atoms with van der Waals surface area (Å²) >= 11 is 0. The third kappa shape index (κ3) is 3.50. The molecule has 0 N–H and O–H groups in total. The minimum absolute atomic E-state index is 0.0734. The number of allylic oxidation sites excluding steroid dienone is 1. The predicted molar refractivity (Wildman–Crippen MR) is 111 cm³/mol. The first-order valence-electron chi connectivity index (χ1n) is 9.77. The van der Waals surface area contributed by atoms with Crippen molar-refractivity contribution in [2.75, 3.05) is 36.0 Å². The number of para-hydroxylation sites is 1. The topological polar surface area (TPSA) is 26.8 Å². The van der Waals surface area contributed by atoms with Crippen LogP contribution in [-0.4, -0.2) is 43.0 Å². The van der Waals surface area contributed by atoms with Crippen LogP contribution in [0.3, 0.4) is 0 Å². The molecular formula is C23H27N3O. The smallest absolute Gasteiger partial charge is 0.248 e. The molecule has 0 aromatic heterocycles. The van der Waals surface area contributed by atoms with Crippen LogP contribution in [0, 0.1) is 6.92 Å². The number of piperazine rings is 1. The van der Waals surface area contributed by atoms with Crippen molar-refractivity contribution in [3.63, 3.8) is 0 Å². The molecule has 1 atom stereocenters. The largest absolute Gasteiger partial charge is 0.369 e. The van der Waals surface area contributed by atoms with Crippen molar-refractivity contribution in [2.24, 2.45) is 0 Å². The van der Waals surface area contributed by atoms with Crippen molar-refractivity contribution in [3.05, 3.63) is 71.9 Å². The highest BCUT2D eigenvalue weighted by Crippen LogP contribution is 2.31. The van der Waals surface area contributed by atoms with Gasteiger partial charge >= 0.3 is 0 Å². The zero-order valence-electron chi connectivity index (χ0n) is 16.1. The summed E-state index contributed by atoms with van der Waals surface area (Å²) in [6, 6.07) is 16.9. The first kappa shape index (κ1) is 17.8. The Bertz CT molecular complexity index is 852. The van der Waals surface area contributed by atoms with Gasteiger partial charge < -0.3 is 4.90 Å². The van der Waals surface area contributed by atoms with Crippen molar-refractivity contribution in [1.29, 1.82) is 0 Å². The minimum atomic E-state index is -0.0734. The lowest BCUT2D eigenvalue weighted by Crippen LogP contribution is -2.57. The van der Waals surface area contributed by atoms with Crippen LogP contribution in [0.2, 0.25) is 0 Å². The highest BCUT2D eigenvalue weighted by atomic mass is 16.2. The third-order valence-electron chi connectivity index (χ3n) is 5.61. The summed E-state index contributed by atoms with van der Waals surface area (Å²) in [5.74, 6) is 0.191. The molecule has 1 saturated heterocycles. The Labute approximate surface area is 161 Å². The molecule has 0 bridgehead atoms. The molecule has 2 heterocycles. The van der Waals surface area contributed by atoms with Gasteiger partial charge in [0, 0.05) is 38.1 Å². The van der Waals surface area contributed by atoms with E-state index in [2.05, 4.69) is 53.1 Å². The van der Waals surface area contributed by atoms with Gasteiger partial charge in [-0.1, -0.05) is 36.4 Å². The average molecular weight is 361 g/mol. The molecule has 0 aliphatic carbocycles. The Hall–Kier alpha value is -2.59. The molecular weight excluding hydrogens is 334 g/mol. The molecule has 1 fully saturated rings. The number of aryl methyl sites for hydroxylation is 1. The Morgan fingerprint density at radius 2 is 1.78 bits per heavy atom. The van der Waals surface area contributed by atoms with Gasteiger partial charge in [0.05, 0.1) is 11.7 Å². The number of rotatable bonds is 3. The summed E-state index contributed by atoms with van der Waals surface area (Å²) in [5.41, 5.74) is 4.85. The van der Waals surface area contributed by atoms with Gasteiger partial charge in [0.2, 0.25) is 5.91 Å². The zero-order valence-corrected chi connectivity index (χ0v) is 16.1. The molecule has 2 aliphatic heterocycles. The Morgan fingerprint density at radius 3 is 2.52 bits per heavy atom. The van der Waals surface area contributed by atoms with Gasteiger partial charge in [-0.2, -0.15) is 0 Å². The van der Waals surface area contributed by atoms with Crippen molar-refractivity contribution in [3.8, 4) is 0 Å². The fourth-order valence-electron chi connectivity index (χ4n) is 4.20. The number of anilines is 2. The molecule has 2 aliphatic rings. The maximum atomic E-state index is 13.2. The molecule has 2 aromatic rings. The monoisotopic (exact) mass is 361 g/mol. The van der Waals surface area contributed by atoms with Crippen LogP contribution in [0.5, 0.6) is 0 Å². The number of benzene rings is 2. The van der Waals surface area contributed by atoms with E-state index in [1.807, 2.05) is 36.2 Å². The van der Waals surface area contributed by atoms with E-state index in [9.17, 15) is 4.79 Å². The SMILES string of the molecule is CC=CN1C(=O)C(N2CCN(c3cccc(C)c3)CC2)Cc2ccccc21. The van der Waals surface area contributed by atoms with E-state index in [0.717, 1.165) is 38.3 Å². The maximum absolute atomic E-state index is 13.2. The van der Waals surface area contributed by atoms with Gasteiger partial charge in [0.15, 0.2) is 0 Å². The van der Waals surface area contributed by atoms with Crippen LogP contribution in [0.1, 0.15) is 18.1 Å². The number of hydrogen-bond acceptors (Lipinski definition) is 3. The van der Waals surface area contributed by atoms with E-state index in [0.29, 0.717) is 0 Å². The molecule has 0 saturated carbocycles. The lowest BCUT2D eigenvalue weighted by Gasteiger charge is -2.43. The third-order valence-corrected chi connectivity index (χ3v) is 5.61. The van der Waals surface area contributed by atoms with E-state index < -0.39 is 0 Å². The van der Waals surface area contributed by atoms with Gasteiger partial charge in [-0.15, -0.1) is 0 Å². The highest BCUT2D eigenvalue weighted by molar-refractivity contribution is 6.01. The average Bonchev–Trinajstić information content (AvgIpc) is 2.70. The molecule has 140 valence electrons.